The van der Waals surface area contributed by atoms with Crippen molar-refractivity contribution in [3.8, 4) is 0 Å². The number of ether oxygens (including phenoxy) is 1. The van der Waals surface area contributed by atoms with E-state index in [1.807, 2.05) is 24.3 Å². The van der Waals surface area contributed by atoms with E-state index in [0.717, 1.165) is 38.0 Å². The van der Waals surface area contributed by atoms with Crippen LogP contribution in [-0.4, -0.2) is 29.1 Å². The maximum absolute atomic E-state index is 11.2. The fraction of sp³-hybridized carbons (Fsp3) is 0.381. The molecule has 2 aliphatic rings. The highest BCUT2D eigenvalue weighted by molar-refractivity contribution is 5.68. The average molecular weight is 337 g/mol. The van der Waals surface area contributed by atoms with E-state index in [9.17, 15) is 9.90 Å². The standard InChI is InChI=1S/C21H23NO3/c23-20(24)14-19-17-8-4-5-9-18(17)21(25-19)10-12-22(13-11-21)15-16-6-2-1-3-7-16/h1-9,19H,10-15H2,(H,23,24). The second-order valence-corrected chi connectivity index (χ2v) is 7.05. The summed E-state index contributed by atoms with van der Waals surface area (Å²) in [6, 6.07) is 18.7. The van der Waals surface area contributed by atoms with Gasteiger partial charge in [0.05, 0.1) is 18.1 Å². The molecule has 0 amide bonds. The molecule has 1 atom stereocenters. The fourth-order valence-electron chi connectivity index (χ4n) is 4.20. The molecule has 2 aromatic carbocycles. The first-order valence-corrected chi connectivity index (χ1v) is 8.92. The third kappa shape index (κ3) is 3.20. The molecule has 2 aliphatic heterocycles. The van der Waals surface area contributed by atoms with Crippen LogP contribution in [0.1, 0.15) is 42.1 Å². The van der Waals surface area contributed by atoms with Gasteiger partial charge >= 0.3 is 5.97 Å². The summed E-state index contributed by atoms with van der Waals surface area (Å²) in [4.78, 5) is 13.7. The van der Waals surface area contributed by atoms with Crippen molar-refractivity contribution in [1.29, 1.82) is 0 Å². The van der Waals surface area contributed by atoms with E-state index in [1.165, 1.54) is 11.1 Å². The highest BCUT2D eigenvalue weighted by Gasteiger charge is 2.46. The number of carboxylic acids is 1. The van der Waals surface area contributed by atoms with Gasteiger partial charge in [0.1, 0.15) is 0 Å². The number of benzene rings is 2. The summed E-state index contributed by atoms with van der Waals surface area (Å²) in [6.45, 7) is 2.88. The molecular weight excluding hydrogens is 314 g/mol. The molecule has 4 nitrogen and oxygen atoms in total. The van der Waals surface area contributed by atoms with Crippen molar-refractivity contribution >= 4 is 5.97 Å². The van der Waals surface area contributed by atoms with Gasteiger partial charge in [0.25, 0.3) is 0 Å². The Balaban J connectivity index is 1.49. The SMILES string of the molecule is O=C(O)CC1OC2(CCN(Cc3ccccc3)CC2)c2ccccc21. The van der Waals surface area contributed by atoms with Crippen LogP contribution in [-0.2, 0) is 21.7 Å². The number of rotatable bonds is 4. The smallest absolute Gasteiger partial charge is 0.306 e. The molecule has 130 valence electrons. The van der Waals surface area contributed by atoms with Gasteiger partial charge in [-0.3, -0.25) is 9.69 Å². The van der Waals surface area contributed by atoms with Gasteiger partial charge < -0.3 is 9.84 Å². The lowest BCUT2D eigenvalue weighted by Gasteiger charge is -2.39. The summed E-state index contributed by atoms with van der Waals surface area (Å²) in [5.41, 5.74) is 3.26. The van der Waals surface area contributed by atoms with E-state index in [-0.39, 0.29) is 18.1 Å². The molecule has 0 aliphatic carbocycles. The summed E-state index contributed by atoms with van der Waals surface area (Å²) in [5, 5.41) is 9.20. The van der Waals surface area contributed by atoms with Crippen molar-refractivity contribution in [2.45, 2.75) is 37.5 Å². The van der Waals surface area contributed by atoms with Crippen LogP contribution in [0.4, 0.5) is 0 Å². The molecular formula is C21H23NO3. The monoisotopic (exact) mass is 337 g/mol. The maximum atomic E-state index is 11.2. The van der Waals surface area contributed by atoms with Crippen molar-refractivity contribution in [3.63, 3.8) is 0 Å². The van der Waals surface area contributed by atoms with Gasteiger partial charge in [-0.2, -0.15) is 0 Å². The second-order valence-electron chi connectivity index (χ2n) is 7.05. The summed E-state index contributed by atoms with van der Waals surface area (Å²) < 4.78 is 6.36. The first-order chi connectivity index (χ1) is 12.2. The van der Waals surface area contributed by atoms with E-state index in [4.69, 9.17) is 4.74 Å². The normalized spacial score (nSPS) is 22.0. The third-order valence-corrected chi connectivity index (χ3v) is 5.44. The number of nitrogens with zero attached hydrogens (tertiary/aromatic N) is 1. The quantitative estimate of drug-likeness (QED) is 0.924. The zero-order chi connectivity index (χ0) is 17.3. The van der Waals surface area contributed by atoms with Crippen LogP contribution in [0.15, 0.2) is 54.6 Å². The molecule has 0 bridgehead atoms. The minimum atomic E-state index is -0.807. The van der Waals surface area contributed by atoms with Crippen LogP contribution >= 0.6 is 0 Å². The molecule has 1 fully saturated rings. The van der Waals surface area contributed by atoms with Gasteiger partial charge in [-0.25, -0.2) is 0 Å². The van der Waals surface area contributed by atoms with E-state index in [1.54, 1.807) is 0 Å². The average Bonchev–Trinajstić information content (AvgIpc) is 2.91. The molecule has 0 saturated carbocycles. The number of aliphatic carboxylic acids is 1. The van der Waals surface area contributed by atoms with Crippen molar-refractivity contribution < 1.29 is 14.6 Å². The Morgan fingerprint density at radius 2 is 1.76 bits per heavy atom. The predicted molar refractivity (Wildman–Crippen MR) is 95.2 cm³/mol. The van der Waals surface area contributed by atoms with Gasteiger partial charge in [0.15, 0.2) is 0 Å². The first kappa shape index (κ1) is 16.3. The number of hydrogen-bond acceptors (Lipinski definition) is 3. The number of likely N-dealkylation sites (tertiary alicyclic amines) is 1. The Bertz CT molecular complexity index is 751. The fourth-order valence-corrected chi connectivity index (χ4v) is 4.20. The molecule has 1 spiro atoms. The zero-order valence-electron chi connectivity index (χ0n) is 14.2. The lowest BCUT2D eigenvalue weighted by Crippen LogP contribution is -2.42. The molecule has 4 heteroatoms. The molecule has 25 heavy (non-hydrogen) atoms. The van der Waals surface area contributed by atoms with Gasteiger partial charge in [0, 0.05) is 19.6 Å². The molecule has 0 radical (unpaired) electrons. The lowest BCUT2D eigenvalue weighted by atomic mass is 9.83. The number of hydrogen-bond donors (Lipinski definition) is 1. The van der Waals surface area contributed by atoms with E-state index in [2.05, 4.69) is 35.2 Å². The first-order valence-electron chi connectivity index (χ1n) is 8.92. The Kier molecular flexibility index (Phi) is 4.32. The van der Waals surface area contributed by atoms with Crippen molar-refractivity contribution in [2.75, 3.05) is 13.1 Å². The number of piperidine rings is 1. The molecule has 1 unspecified atom stereocenters. The van der Waals surface area contributed by atoms with Crippen LogP contribution < -0.4 is 0 Å². The molecule has 4 rings (SSSR count). The Morgan fingerprint density at radius 1 is 1.08 bits per heavy atom. The molecule has 2 heterocycles. The van der Waals surface area contributed by atoms with Crippen LogP contribution in [0.25, 0.3) is 0 Å². The predicted octanol–water partition coefficient (Wildman–Crippen LogP) is 3.72. The molecule has 2 aromatic rings. The maximum Gasteiger partial charge on any atom is 0.306 e. The van der Waals surface area contributed by atoms with Crippen molar-refractivity contribution in [3.05, 3.63) is 71.3 Å². The van der Waals surface area contributed by atoms with Gasteiger partial charge in [-0.05, 0) is 29.5 Å². The summed E-state index contributed by atoms with van der Waals surface area (Å²) >= 11 is 0. The van der Waals surface area contributed by atoms with Gasteiger partial charge in [-0.1, -0.05) is 54.6 Å². The Labute approximate surface area is 148 Å². The highest BCUT2D eigenvalue weighted by Crippen LogP contribution is 2.50. The molecule has 1 saturated heterocycles. The number of fused-ring (bicyclic) bond motifs is 2. The van der Waals surface area contributed by atoms with E-state index >= 15 is 0 Å². The third-order valence-electron chi connectivity index (χ3n) is 5.44. The Hall–Kier alpha value is -2.17. The van der Waals surface area contributed by atoms with Crippen molar-refractivity contribution in [2.24, 2.45) is 0 Å². The van der Waals surface area contributed by atoms with Crippen molar-refractivity contribution in [1.82, 2.24) is 4.90 Å². The lowest BCUT2D eigenvalue weighted by molar-refractivity contribution is -0.148. The highest BCUT2D eigenvalue weighted by atomic mass is 16.5. The topological polar surface area (TPSA) is 49.8 Å². The zero-order valence-corrected chi connectivity index (χ0v) is 14.2. The Morgan fingerprint density at radius 3 is 2.48 bits per heavy atom. The van der Waals surface area contributed by atoms with Crippen LogP contribution in [0.2, 0.25) is 0 Å². The summed E-state index contributed by atoms with van der Waals surface area (Å²) in [6.07, 6.45) is 1.53. The molecule has 1 N–H and O–H groups in total. The largest absolute Gasteiger partial charge is 0.481 e. The second kappa shape index (κ2) is 6.62. The summed E-state index contributed by atoms with van der Waals surface area (Å²) in [7, 11) is 0. The van der Waals surface area contributed by atoms with Gasteiger partial charge in [-0.15, -0.1) is 0 Å². The van der Waals surface area contributed by atoms with Crippen LogP contribution in [0.3, 0.4) is 0 Å². The minimum Gasteiger partial charge on any atom is -0.481 e. The van der Waals surface area contributed by atoms with Crippen LogP contribution in [0, 0.1) is 0 Å². The van der Waals surface area contributed by atoms with Gasteiger partial charge in [0.2, 0.25) is 0 Å². The van der Waals surface area contributed by atoms with E-state index < -0.39 is 5.97 Å². The minimum absolute atomic E-state index is 0.0342. The van der Waals surface area contributed by atoms with E-state index in [0.29, 0.717) is 0 Å². The molecule has 0 aromatic heterocycles. The van der Waals surface area contributed by atoms with Crippen LogP contribution in [0.5, 0.6) is 0 Å². The summed E-state index contributed by atoms with van der Waals surface area (Å²) in [5.74, 6) is -0.807. The number of carbonyl (C=O) groups is 1. The number of carboxylic acid groups (broad SMARTS) is 1.